The van der Waals surface area contributed by atoms with Crippen LogP contribution < -0.4 is 4.74 Å². The first-order chi connectivity index (χ1) is 6.65. The van der Waals surface area contributed by atoms with E-state index in [4.69, 9.17) is 9.84 Å². The van der Waals surface area contributed by atoms with Crippen molar-refractivity contribution in [3.8, 4) is 5.75 Å². The molecule has 1 aromatic carbocycles. The summed E-state index contributed by atoms with van der Waals surface area (Å²) in [5.74, 6) is -0.350. The average molecular weight is 257 g/mol. The summed E-state index contributed by atoms with van der Waals surface area (Å²) in [5, 5.41) is 8.47. The molecule has 74 valence electrons. The molecule has 1 rings (SSSR count). The van der Waals surface area contributed by atoms with Gasteiger partial charge in [-0.2, -0.15) is 0 Å². The Hall–Kier alpha value is -1.29. The first-order valence-corrected chi connectivity index (χ1v) is 4.68. The lowest BCUT2D eigenvalue weighted by Crippen LogP contribution is -1.90. The van der Waals surface area contributed by atoms with Crippen LogP contribution in [-0.2, 0) is 4.79 Å². The molecule has 0 atom stereocenters. The molecule has 0 aliphatic rings. The van der Waals surface area contributed by atoms with Crippen molar-refractivity contribution in [1.82, 2.24) is 0 Å². The Kier molecular flexibility index (Phi) is 3.71. The fourth-order valence-corrected chi connectivity index (χ4v) is 1.58. The van der Waals surface area contributed by atoms with Gasteiger partial charge in [-0.05, 0) is 28.1 Å². The van der Waals surface area contributed by atoms with Gasteiger partial charge >= 0.3 is 5.97 Å². The molecule has 0 amide bonds. The van der Waals surface area contributed by atoms with Crippen molar-refractivity contribution in [1.29, 1.82) is 0 Å². The minimum atomic E-state index is -0.980. The average Bonchev–Trinajstić information content (AvgIpc) is 2.14. The molecule has 14 heavy (non-hydrogen) atoms. The summed E-state index contributed by atoms with van der Waals surface area (Å²) < 4.78 is 5.92. The molecule has 0 bridgehead atoms. The van der Waals surface area contributed by atoms with E-state index in [-0.39, 0.29) is 0 Å². The SMILES string of the molecule is COc1c(Br)cccc1/C=C/C(=O)O. The second kappa shape index (κ2) is 4.81. The number of benzene rings is 1. The molecule has 1 aromatic rings. The molecule has 0 saturated carbocycles. The molecular formula is C10H9BrO3. The molecule has 4 heteroatoms. The monoisotopic (exact) mass is 256 g/mol. The second-order valence-electron chi connectivity index (χ2n) is 2.53. The van der Waals surface area contributed by atoms with E-state index in [1.807, 2.05) is 12.1 Å². The van der Waals surface area contributed by atoms with Crippen molar-refractivity contribution >= 4 is 28.0 Å². The number of aliphatic carboxylic acids is 1. The van der Waals surface area contributed by atoms with Crippen molar-refractivity contribution in [2.75, 3.05) is 7.11 Å². The van der Waals surface area contributed by atoms with Crippen LogP contribution in [0.2, 0.25) is 0 Å². The number of halogens is 1. The number of ether oxygens (including phenoxy) is 1. The fourth-order valence-electron chi connectivity index (χ4n) is 1.03. The third-order valence-electron chi connectivity index (χ3n) is 1.61. The van der Waals surface area contributed by atoms with E-state index in [9.17, 15) is 4.79 Å². The number of carbonyl (C=O) groups is 1. The van der Waals surface area contributed by atoms with Crippen LogP contribution in [0.15, 0.2) is 28.7 Å². The van der Waals surface area contributed by atoms with Gasteiger partial charge in [-0.15, -0.1) is 0 Å². The summed E-state index contributed by atoms with van der Waals surface area (Å²) in [5.41, 5.74) is 0.726. The molecular weight excluding hydrogens is 248 g/mol. The van der Waals surface area contributed by atoms with Gasteiger partial charge in [-0.3, -0.25) is 0 Å². The topological polar surface area (TPSA) is 46.5 Å². The summed E-state index contributed by atoms with van der Waals surface area (Å²) in [6.07, 6.45) is 2.57. The number of para-hydroxylation sites is 1. The number of methoxy groups -OCH3 is 1. The lowest BCUT2D eigenvalue weighted by molar-refractivity contribution is -0.131. The van der Waals surface area contributed by atoms with Gasteiger partial charge in [0.2, 0.25) is 0 Å². The van der Waals surface area contributed by atoms with Crippen LogP contribution in [0.25, 0.3) is 6.08 Å². The van der Waals surface area contributed by atoms with Gasteiger partial charge < -0.3 is 9.84 Å². The standard InChI is InChI=1S/C10H9BrO3/c1-14-10-7(5-6-9(12)13)3-2-4-8(10)11/h2-6H,1H3,(H,12,13)/b6-5+. The summed E-state index contributed by atoms with van der Waals surface area (Å²) in [6.45, 7) is 0. The second-order valence-corrected chi connectivity index (χ2v) is 3.39. The van der Waals surface area contributed by atoms with Crippen molar-refractivity contribution in [3.63, 3.8) is 0 Å². The predicted octanol–water partition coefficient (Wildman–Crippen LogP) is 2.56. The maximum Gasteiger partial charge on any atom is 0.328 e. The highest BCUT2D eigenvalue weighted by molar-refractivity contribution is 9.10. The molecule has 0 aromatic heterocycles. The van der Waals surface area contributed by atoms with E-state index in [0.29, 0.717) is 5.75 Å². The Balaban J connectivity index is 3.08. The summed E-state index contributed by atoms with van der Waals surface area (Å²) >= 11 is 3.31. The van der Waals surface area contributed by atoms with Gasteiger partial charge in [0.1, 0.15) is 5.75 Å². The molecule has 0 aliphatic heterocycles. The first kappa shape index (κ1) is 10.8. The Morgan fingerprint density at radius 2 is 2.29 bits per heavy atom. The van der Waals surface area contributed by atoms with Crippen LogP contribution in [0.1, 0.15) is 5.56 Å². The Morgan fingerprint density at radius 1 is 1.57 bits per heavy atom. The van der Waals surface area contributed by atoms with Gasteiger partial charge in [-0.25, -0.2) is 4.79 Å². The fraction of sp³-hybridized carbons (Fsp3) is 0.100. The molecule has 0 saturated heterocycles. The number of rotatable bonds is 3. The first-order valence-electron chi connectivity index (χ1n) is 3.88. The van der Waals surface area contributed by atoms with Crippen molar-refractivity contribution in [2.24, 2.45) is 0 Å². The van der Waals surface area contributed by atoms with Crippen LogP contribution in [0.4, 0.5) is 0 Å². The van der Waals surface area contributed by atoms with Crippen molar-refractivity contribution < 1.29 is 14.6 Å². The Labute approximate surface area is 90.1 Å². The van der Waals surface area contributed by atoms with E-state index in [1.54, 1.807) is 6.07 Å². The van der Waals surface area contributed by atoms with E-state index in [2.05, 4.69) is 15.9 Å². The van der Waals surface area contributed by atoms with Gasteiger partial charge in [0.15, 0.2) is 0 Å². The molecule has 0 unspecified atom stereocenters. The van der Waals surface area contributed by atoms with Gasteiger partial charge in [0.05, 0.1) is 11.6 Å². The molecule has 0 spiro atoms. The smallest absolute Gasteiger partial charge is 0.328 e. The maximum atomic E-state index is 10.3. The van der Waals surface area contributed by atoms with Crippen LogP contribution in [-0.4, -0.2) is 18.2 Å². The minimum Gasteiger partial charge on any atom is -0.495 e. The van der Waals surface area contributed by atoms with Gasteiger partial charge in [0.25, 0.3) is 0 Å². The van der Waals surface area contributed by atoms with Gasteiger partial charge in [0, 0.05) is 11.6 Å². The highest BCUT2D eigenvalue weighted by atomic mass is 79.9. The zero-order valence-corrected chi connectivity index (χ0v) is 9.11. The molecule has 0 aliphatic carbocycles. The van der Waals surface area contributed by atoms with Crippen LogP contribution in [0.3, 0.4) is 0 Å². The lowest BCUT2D eigenvalue weighted by Gasteiger charge is -2.05. The largest absolute Gasteiger partial charge is 0.495 e. The predicted molar refractivity (Wildman–Crippen MR) is 57.4 cm³/mol. The highest BCUT2D eigenvalue weighted by Gasteiger charge is 2.03. The number of hydrogen-bond donors (Lipinski definition) is 1. The Bertz CT molecular complexity index is 372. The number of hydrogen-bond acceptors (Lipinski definition) is 2. The quantitative estimate of drug-likeness (QED) is 0.846. The van der Waals surface area contributed by atoms with E-state index < -0.39 is 5.97 Å². The Morgan fingerprint density at radius 3 is 2.86 bits per heavy atom. The minimum absolute atomic E-state index is 0.630. The normalized spacial score (nSPS) is 10.4. The third kappa shape index (κ3) is 2.60. The highest BCUT2D eigenvalue weighted by Crippen LogP contribution is 2.29. The summed E-state index contributed by atoms with van der Waals surface area (Å²) in [7, 11) is 1.54. The molecule has 0 heterocycles. The third-order valence-corrected chi connectivity index (χ3v) is 2.23. The molecule has 1 N–H and O–H groups in total. The van der Waals surface area contributed by atoms with Crippen molar-refractivity contribution in [2.45, 2.75) is 0 Å². The number of carboxylic acid groups (broad SMARTS) is 1. The molecule has 0 radical (unpaired) electrons. The van der Waals surface area contributed by atoms with E-state index >= 15 is 0 Å². The molecule has 0 fully saturated rings. The maximum absolute atomic E-state index is 10.3. The van der Waals surface area contributed by atoms with Crippen LogP contribution in [0, 0.1) is 0 Å². The number of carboxylic acids is 1. The van der Waals surface area contributed by atoms with Crippen molar-refractivity contribution in [3.05, 3.63) is 34.3 Å². The summed E-state index contributed by atoms with van der Waals surface area (Å²) in [6, 6.07) is 5.42. The summed E-state index contributed by atoms with van der Waals surface area (Å²) in [4.78, 5) is 10.3. The van der Waals surface area contributed by atoms with Gasteiger partial charge in [-0.1, -0.05) is 12.1 Å². The zero-order valence-electron chi connectivity index (χ0n) is 7.53. The lowest BCUT2D eigenvalue weighted by atomic mass is 10.2. The van der Waals surface area contributed by atoms with E-state index in [1.165, 1.54) is 13.2 Å². The van der Waals surface area contributed by atoms with E-state index in [0.717, 1.165) is 16.1 Å². The van der Waals surface area contributed by atoms with Crippen LogP contribution >= 0.6 is 15.9 Å². The van der Waals surface area contributed by atoms with Crippen LogP contribution in [0.5, 0.6) is 5.75 Å². The molecule has 3 nitrogen and oxygen atoms in total. The zero-order chi connectivity index (χ0) is 10.6.